The highest BCUT2D eigenvalue weighted by atomic mass is 16.5. The highest BCUT2D eigenvalue weighted by molar-refractivity contribution is 4.78. The van der Waals surface area contributed by atoms with E-state index in [0.717, 1.165) is 19.3 Å². The second-order valence-corrected chi connectivity index (χ2v) is 4.42. The van der Waals surface area contributed by atoms with Gasteiger partial charge in [0.15, 0.2) is 0 Å². The minimum Gasteiger partial charge on any atom is -0.380 e. The van der Waals surface area contributed by atoms with Gasteiger partial charge in [-0.1, -0.05) is 19.3 Å². The monoisotopic (exact) mass is 183 g/mol. The Labute approximate surface area is 81.0 Å². The topological polar surface area (TPSA) is 21.3 Å². The van der Waals surface area contributed by atoms with E-state index in [2.05, 4.69) is 5.32 Å². The fourth-order valence-corrected chi connectivity index (χ4v) is 2.47. The molecular weight excluding hydrogens is 162 g/mol. The van der Waals surface area contributed by atoms with Gasteiger partial charge in [0.25, 0.3) is 0 Å². The molecule has 1 atom stereocenters. The van der Waals surface area contributed by atoms with Gasteiger partial charge < -0.3 is 10.1 Å². The van der Waals surface area contributed by atoms with E-state index in [4.69, 9.17) is 4.74 Å². The zero-order valence-electron chi connectivity index (χ0n) is 8.43. The summed E-state index contributed by atoms with van der Waals surface area (Å²) in [5, 5.41) is 3.73. The molecule has 0 aromatic carbocycles. The van der Waals surface area contributed by atoms with Crippen LogP contribution in [0.15, 0.2) is 0 Å². The van der Waals surface area contributed by atoms with Gasteiger partial charge in [0, 0.05) is 18.7 Å². The number of hydrogen-bond acceptors (Lipinski definition) is 2. The minimum absolute atomic E-state index is 0.650. The van der Waals surface area contributed by atoms with E-state index >= 15 is 0 Å². The van der Waals surface area contributed by atoms with Gasteiger partial charge in [0.2, 0.25) is 0 Å². The summed E-state index contributed by atoms with van der Waals surface area (Å²) in [4.78, 5) is 0. The molecule has 76 valence electrons. The van der Waals surface area contributed by atoms with Crippen LogP contribution in [-0.4, -0.2) is 25.3 Å². The fraction of sp³-hybridized carbons (Fsp3) is 1.00. The normalized spacial score (nSPS) is 31.8. The summed E-state index contributed by atoms with van der Waals surface area (Å²) in [6.07, 6.45) is 9.61. The molecule has 0 spiro atoms. The van der Waals surface area contributed by atoms with Gasteiger partial charge in [-0.15, -0.1) is 0 Å². The van der Waals surface area contributed by atoms with Gasteiger partial charge in [0.05, 0.1) is 6.61 Å². The van der Waals surface area contributed by atoms with Crippen LogP contribution < -0.4 is 5.32 Å². The molecule has 1 N–H and O–H groups in total. The maximum absolute atomic E-state index is 5.46. The summed E-state index contributed by atoms with van der Waals surface area (Å²) >= 11 is 0. The first-order valence-corrected chi connectivity index (χ1v) is 5.79. The van der Waals surface area contributed by atoms with Gasteiger partial charge in [-0.2, -0.15) is 0 Å². The summed E-state index contributed by atoms with van der Waals surface area (Å²) in [6, 6.07) is 1.44. The number of ether oxygens (including phenoxy) is 1. The van der Waals surface area contributed by atoms with Crippen LogP contribution in [0.5, 0.6) is 0 Å². The van der Waals surface area contributed by atoms with Crippen molar-refractivity contribution in [1.29, 1.82) is 0 Å². The molecule has 0 amide bonds. The molecule has 1 heterocycles. The Morgan fingerprint density at radius 2 is 1.62 bits per heavy atom. The third-order valence-corrected chi connectivity index (χ3v) is 3.24. The van der Waals surface area contributed by atoms with Crippen molar-refractivity contribution in [2.24, 2.45) is 0 Å². The van der Waals surface area contributed by atoms with Crippen molar-refractivity contribution in [1.82, 2.24) is 5.32 Å². The lowest BCUT2D eigenvalue weighted by atomic mass is 9.94. The van der Waals surface area contributed by atoms with E-state index < -0.39 is 0 Å². The third kappa shape index (κ3) is 2.96. The minimum atomic E-state index is 0.650. The Morgan fingerprint density at radius 1 is 0.846 bits per heavy atom. The largest absolute Gasteiger partial charge is 0.380 e. The molecule has 2 rings (SSSR count). The lowest BCUT2D eigenvalue weighted by Gasteiger charge is -2.30. The molecule has 2 aliphatic rings. The van der Waals surface area contributed by atoms with Crippen molar-refractivity contribution >= 4 is 0 Å². The second-order valence-electron chi connectivity index (χ2n) is 4.42. The van der Waals surface area contributed by atoms with E-state index in [9.17, 15) is 0 Å². The van der Waals surface area contributed by atoms with Crippen LogP contribution in [0.2, 0.25) is 0 Å². The Kier molecular flexibility index (Phi) is 3.62. The molecule has 0 unspecified atom stereocenters. The zero-order chi connectivity index (χ0) is 8.93. The molecule has 0 aromatic heterocycles. The van der Waals surface area contributed by atoms with Crippen LogP contribution in [0, 0.1) is 0 Å². The first-order chi connectivity index (χ1) is 6.45. The van der Waals surface area contributed by atoms with Gasteiger partial charge in [-0.05, 0) is 25.7 Å². The maximum atomic E-state index is 5.46. The Hall–Kier alpha value is -0.0800. The zero-order valence-corrected chi connectivity index (χ0v) is 8.43. The summed E-state index contributed by atoms with van der Waals surface area (Å²) in [7, 11) is 0. The average Bonchev–Trinajstić information content (AvgIpc) is 2.21. The van der Waals surface area contributed by atoms with Crippen LogP contribution in [-0.2, 0) is 4.74 Å². The standard InChI is InChI=1S/C11H21NO/c1-2-5-10(6-3-1)12-11-7-4-8-13-9-11/h10-12H,1-9H2/t11-/m0/s1. The summed E-state index contributed by atoms with van der Waals surface area (Å²) in [5.74, 6) is 0. The van der Waals surface area contributed by atoms with E-state index in [1.807, 2.05) is 0 Å². The first kappa shape index (κ1) is 9.47. The number of rotatable bonds is 2. The molecule has 0 bridgehead atoms. The van der Waals surface area contributed by atoms with Crippen LogP contribution >= 0.6 is 0 Å². The molecule has 0 radical (unpaired) electrons. The summed E-state index contributed by atoms with van der Waals surface area (Å²) < 4.78 is 5.46. The Morgan fingerprint density at radius 3 is 2.31 bits per heavy atom. The Bertz CT molecular complexity index is 121. The van der Waals surface area contributed by atoms with Crippen LogP contribution in [0.1, 0.15) is 44.9 Å². The quantitative estimate of drug-likeness (QED) is 0.707. The van der Waals surface area contributed by atoms with Crippen molar-refractivity contribution in [3.63, 3.8) is 0 Å². The van der Waals surface area contributed by atoms with E-state index in [1.54, 1.807) is 0 Å². The number of hydrogen-bond donors (Lipinski definition) is 1. The SMILES string of the molecule is C1CCC(N[C@H]2CCCOC2)CC1. The lowest BCUT2D eigenvalue weighted by Crippen LogP contribution is -2.43. The molecule has 2 fully saturated rings. The third-order valence-electron chi connectivity index (χ3n) is 3.24. The molecule has 1 saturated heterocycles. The van der Waals surface area contributed by atoms with Gasteiger partial charge >= 0.3 is 0 Å². The molecule has 2 heteroatoms. The summed E-state index contributed by atoms with van der Waals surface area (Å²) in [5.41, 5.74) is 0. The van der Waals surface area contributed by atoms with Crippen molar-refractivity contribution in [2.45, 2.75) is 57.0 Å². The van der Waals surface area contributed by atoms with Crippen LogP contribution in [0.25, 0.3) is 0 Å². The maximum Gasteiger partial charge on any atom is 0.0619 e. The average molecular weight is 183 g/mol. The molecule has 2 nitrogen and oxygen atoms in total. The van der Waals surface area contributed by atoms with E-state index in [0.29, 0.717) is 6.04 Å². The molecular formula is C11H21NO. The lowest BCUT2D eigenvalue weighted by molar-refractivity contribution is 0.0643. The highest BCUT2D eigenvalue weighted by Gasteiger charge is 2.19. The van der Waals surface area contributed by atoms with Gasteiger partial charge in [-0.25, -0.2) is 0 Å². The van der Waals surface area contributed by atoms with Gasteiger partial charge in [0.1, 0.15) is 0 Å². The van der Waals surface area contributed by atoms with Crippen molar-refractivity contribution in [3.8, 4) is 0 Å². The molecule has 13 heavy (non-hydrogen) atoms. The van der Waals surface area contributed by atoms with E-state index in [-0.39, 0.29) is 0 Å². The highest BCUT2D eigenvalue weighted by Crippen LogP contribution is 2.19. The number of nitrogens with one attached hydrogen (secondary N) is 1. The smallest absolute Gasteiger partial charge is 0.0619 e. The predicted octanol–water partition coefficient (Wildman–Crippen LogP) is 2.09. The fourth-order valence-electron chi connectivity index (χ4n) is 2.47. The second kappa shape index (κ2) is 4.97. The van der Waals surface area contributed by atoms with E-state index in [1.165, 1.54) is 44.9 Å². The van der Waals surface area contributed by atoms with Crippen molar-refractivity contribution in [3.05, 3.63) is 0 Å². The van der Waals surface area contributed by atoms with Crippen molar-refractivity contribution < 1.29 is 4.74 Å². The summed E-state index contributed by atoms with van der Waals surface area (Å²) in [6.45, 7) is 1.92. The molecule has 1 aliphatic heterocycles. The molecule has 1 saturated carbocycles. The first-order valence-electron chi connectivity index (χ1n) is 5.79. The molecule has 0 aromatic rings. The van der Waals surface area contributed by atoms with Gasteiger partial charge in [-0.3, -0.25) is 0 Å². The molecule has 1 aliphatic carbocycles. The van der Waals surface area contributed by atoms with Crippen LogP contribution in [0.4, 0.5) is 0 Å². The van der Waals surface area contributed by atoms with Crippen molar-refractivity contribution in [2.75, 3.05) is 13.2 Å². The predicted molar refractivity (Wildman–Crippen MR) is 53.8 cm³/mol. The Balaban J connectivity index is 1.69. The van der Waals surface area contributed by atoms with Crippen LogP contribution in [0.3, 0.4) is 0 Å².